The molecular formula is C19H19ClFN3O. The monoisotopic (exact) mass is 359 g/mol. The fourth-order valence-electron chi connectivity index (χ4n) is 2.82. The topological polar surface area (TPSA) is 48.1 Å². The van der Waals surface area contributed by atoms with E-state index in [1.54, 1.807) is 24.3 Å². The summed E-state index contributed by atoms with van der Waals surface area (Å²) in [6.45, 7) is 0.366. The molecule has 0 aliphatic carbocycles. The Morgan fingerprint density at radius 1 is 1.24 bits per heavy atom. The Morgan fingerprint density at radius 2 is 2.04 bits per heavy atom. The number of likely N-dealkylation sites (N-methyl/N-ethyl adjacent to an activating group) is 1. The summed E-state index contributed by atoms with van der Waals surface area (Å²) < 4.78 is 13.5. The molecule has 0 saturated heterocycles. The van der Waals surface area contributed by atoms with Crippen LogP contribution in [0.3, 0.4) is 0 Å². The molecule has 0 radical (unpaired) electrons. The molecule has 2 aromatic carbocycles. The van der Waals surface area contributed by atoms with Crippen molar-refractivity contribution in [1.82, 2.24) is 15.2 Å². The highest BCUT2D eigenvalue weighted by atomic mass is 35.5. The number of rotatable bonds is 5. The molecule has 25 heavy (non-hydrogen) atoms. The van der Waals surface area contributed by atoms with Crippen LogP contribution in [0.25, 0.3) is 10.9 Å². The van der Waals surface area contributed by atoms with Crippen molar-refractivity contribution in [3.63, 3.8) is 0 Å². The Hall–Kier alpha value is -2.37. The summed E-state index contributed by atoms with van der Waals surface area (Å²) in [5.41, 5.74) is 2.13. The molecule has 0 aliphatic heterocycles. The van der Waals surface area contributed by atoms with Crippen molar-refractivity contribution in [2.45, 2.75) is 6.04 Å². The lowest BCUT2D eigenvalue weighted by atomic mass is 10.1. The minimum Gasteiger partial charge on any atom is -0.351 e. The summed E-state index contributed by atoms with van der Waals surface area (Å²) in [6.07, 6.45) is 0. The Bertz CT molecular complexity index is 907. The normalized spacial score (nSPS) is 12.5. The van der Waals surface area contributed by atoms with E-state index >= 15 is 0 Å². The number of carbonyl (C=O) groups is 1. The number of benzene rings is 2. The molecule has 0 bridgehead atoms. The average molecular weight is 360 g/mol. The molecule has 1 atom stereocenters. The summed E-state index contributed by atoms with van der Waals surface area (Å²) in [4.78, 5) is 17.5. The quantitative estimate of drug-likeness (QED) is 0.723. The molecule has 0 spiro atoms. The lowest BCUT2D eigenvalue weighted by Crippen LogP contribution is -2.34. The van der Waals surface area contributed by atoms with Crippen LogP contribution in [0.2, 0.25) is 5.02 Å². The van der Waals surface area contributed by atoms with Gasteiger partial charge in [-0.3, -0.25) is 4.79 Å². The van der Waals surface area contributed by atoms with E-state index in [0.29, 0.717) is 17.3 Å². The van der Waals surface area contributed by atoms with Crippen LogP contribution in [0.4, 0.5) is 4.39 Å². The third kappa shape index (κ3) is 4.00. The first-order valence-electron chi connectivity index (χ1n) is 7.92. The minimum absolute atomic E-state index is 0.126. The molecule has 0 aliphatic rings. The van der Waals surface area contributed by atoms with Crippen LogP contribution in [0.1, 0.15) is 22.1 Å². The van der Waals surface area contributed by atoms with Gasteiger partial charge in [-0.15, -0.1) is 0 Å². The van der Waals surface area contributed by atoms with Crippen LogP contribution in [-0.4, -0.2) is 36.4 Å². The van der Waals surface area contributed by atoms with E-state index in [9.17, 15) is 9.18 Å². The highest BCUT2D eigenvalue weighted by Crippen LogP contribution is 2.21. The van der Waals surface area contributed by atoms with E-state index in [1.165, 1.54) is 12.1 Å². The van der Waals surface area contributed by atoms with Gasteiger partial charge in [0, 0.05) is 22.5 Å². The van der Waals surface area contributed by atoms with Crippen molar-refractivity contribution >= 4 is 28.4 Å². The number of aromatic amines is 1. The number of H-pyrrole nitrogens is 1. The summed E-state index contributed by atoms with van der Waals surface area (Å²) in [6, 6.07) is 13.5. The lowest BCUT2D eigenvalue weighted by Gasteiger charge is -2.25. The summed E-state index contributed by atoms with van der Waals surface area (Å²) >= 11 is 5.98. The van der Waals surface area contributed by atoms with Crippen molar-refractivity contribution in [2.24, 2.45) is 0 Å². The number of carbonyl (C=O) groups excluding carboxylic acids is 1. The van der Waals surface area contributed by atoms with Crippen LogP contribution in [0, 0.1) is 5.82 Å². The highest BCUT2D eigenvalue weighted by Gasteiger charge is 2.17. The predicted octanol–water partition coefficient (Wildman–Crippen LogP) is 3.99. The SMILES string of the molecule is CN(C)C(CNC(=O)c1cc2cc(Cl)ccc2[nH]1)c1cccc(F)c1. The van der Waals surface area contributed by atoms with Crippen LogP contribution in [-0.2, 0) is 0 Å². The minimum atomic E-state index is -0.289. The maximum absolute atomic E-state index is 13.5. The van der Waals surface area contributed by atoms with Crippen molar-refractivity contribution in [2.75, 3.05) is 20.6 Å². The van der Waals surface area contributed by atoms with Gasteiger partial charge in [0.15, 0.2) is 0 Å². The summed E-state index contributed by atoms with van der Waals surface area (Å²) in [7, 11) is 3.79. The number of nitrogens with one attached hydrogen (secondary N) is 2. The van der Waals surface area contributed by atoms with Crippen LogP contribution in [0.15, 0.2) is 48.5 Å². The van der Waals surface area contributed by atoms with Gasteiger partial charge in [0.2, 0.25) is 0 Å². The van der Waals surface area contributed by atoms with Crippen LogP contribution in [0.5, 0.6) is 0 Å². The molecule has 1 amide bonds. The smallest absolute Gasteiger partial charge is 0.267 e. The zero-order chi connectivity index (χ0) is 18.0. The summed E-state index contributed by atoms with van der Waals surface area (Å²) in [5, 5.41) is 4.41. The Morgan fingerprint density at radius 3 is 2.76 bits per heavy atom. The highest BCUT2D eigenvalue weighted by molar-refractivity contribution is 6.31. The summed E-state index contributed by atoms with van der Waals surface area (Å²) in [5.74, 6) is -0.501. The fourth-order valence-corrected chi connectivity index (χ4v) is 3.00. The molecule has 6 heteroatoms. The zero-order valence-corrected chi connectivity index (χ0v) is 14.8. The molecule has 2 N–H and O–H groups in total. The molecule has 0 saturated carbocycles. The van der Waals surface area contributed by atoms with Gasteiger partial charge in [-0.05, 0) is 56.1 Å². The molecule has 130 valence electrons. The second kappa shape index (κ2) is 7.25. The molecule has 1 aromatic heterocycles. The molecule has 3 rings (SSSR count). The van der Waals surface area contributed by atoms with Gasteiger partial charge in [-0.25, -0.2) is 4.39 Å². The van der Waals surface area contributed by atoms with Gasteiger partial charge in [0.1, 0.15) is 11.5 Å². The number of hydrogen-bond acceptors (Lipinski definition) is 2. The van der Waals surface area contributed by atoms with Crippen molar-refractivity contribution in [1.29, 1.82) is 0 Å². The number of nitrogens with zero attached hydrogens (tertiary/aromatic N) is 1. The van der Waals surface area contributed by atoms with Gasteiger partial charge >= 0.3 is 0 Å². The number of fused-ring (bicyclic) bond motifs is 1. The van der Waals surface area contributed by atoms with E-state index in [4.69, 9.17) is 11.6 Å². The molecular weight excluding hydrogens is 341 g/mol. The molecule has 1 heterocycles. The van der Waals surface area contributed by atoms with E-state index in [0.717, 1.165) is 16.5 Å². The van der Waals surface area contributed by atoms with E-state index in [-0.39, 0.29) is 17.8 Å². The van der Waals surface area contributed by atoms with Gasteiger partial charge in [-0.2, -0.15) is 0 Å². The maximum Gasteiger partial charge on any atom is 0.267 e. The Kier molecular flexibility index (Phi) is 5.06. The van der Waals surface area contributed by atoms with Crippen molar-refractivity contribution in [3.05, 3.63) is 70.6 Å². The van der Waals surface area contributed by atoms with Crippen molar-refractivity contribution in [3.8, 4) is 0 Å². The van der Waals surface area contributed by atoms with Gasteiger partial charge in [-0.1, -0.05) is 23.7 Å². The molecule has 4 nitrogen and oxygen atoms in total. The first kappa shape index (κ1) is 17.5. The predicted molar refractivity (Wildman–Crippen MR) is 98.5 cm³/mol. The van der Waals surface area contributed by atoms with E-state index in [1.807, 2.05) is 31.1 Å². The average Bonchev–Trinajstić information content (AvgIpc) is 2.97. The number of aromatic nitrogens is 1. The zero-order valence-electron chi connectivity index (χ0n) is 14.0. The Balaban J connectivity index is 1.74. The number of hydrogen-bond donors (Lipinski definition) is 2. The fraction of sp³-hybridized carbons (Fsp3) is 0.211. The Labute approximate surface area is 150 Å². The molecule has 0 fully saturated rings. The van der Waals surface area contributed by atoms with E-state index in [2.05, 4.69) is 10.3 Å². The van der Waals surface area contributed by atoms with E-state index < -0.39 is 0 Å². The second-order valence-corrected chi connectivity index (χ2v) is 6.60. The largest absolute Gasteiger partial charge is 0.351 e. The molecule has 3 aromatic rings. The lowest BCUT2D eigenvalue weighted by molar-refractivity contribution is 0.0937. The third-order valence-electron chi connectivity index (χ3n) is 4.14. The number of amides is 1. The molecule has 1 unspecified atom stereocenters. The van der Waals surface area contributed by atoms with Crippen LogP contribution < -0.4 is 5.32 Å². The first-order valence-corrected chi connectivity index (χ1v) is 8.30. The number of halogens is 2. The standard InChI is InChI=1S/C19H19ClFN3O/c1-24(2)18(12-4-3-5-15(21)9-12)11-22-19(25)17-10-13-8-14(20)6-7-16(13)23-17/h3-10,18,23H,11H2,1-2H3,(H,22,25). The van der Waals surface area contributed by atoms with Gasteiger partial charge < -0.3 is 15.2 Å². The first-order chi connectivity index (χ1) is 11.9. The second-order valence-electron chi connectivity index (χ2n) is 6.16. The van der Waals surface area contributed by atoms with Gasteiger partial charge in [0.25, 0.3) is 5.91 Å². The van der Waals surface area contributed by atoms with Crippen LogP contribution >= 0.6 is 11.6 Å². The van der Waals surface area contributed by atoms with Gasteiger partial charge in [0.05, 0.1) is 6.04 Å². The third-order valence-corrected chi connectivity index (χ3v) is 4.38. The van der Waals surface area contributed by atoms with Crippen molar-refractivity contribution < 1.29 is 9.18 Å². The maximum atomic E-state index is 13.5.